The maximum absolute atomic E-state index is 3.85. The predicted molar refractivity (Wildman–Crippen MR) is 84.5 cm³/mol. The molecule has 2 saturated carbocycles. The molecule has 2 fully saturated rings. The molecule has 1 atom stereocenters. The molecule has 0 aromatic carbocycles. The van der Waals surface area contributed by atoms with E-state index in [1.807, 2.05) is 0 Å². The van der Waals surface area contributed by atoms with E-state index in [0.717, 1.165) is 24.4 Å². The predicted octanol–water partition coefficient (Wildman–Crippen LogP) is 5.30. The van der Waals surface area contributed by atoms with Crippen LogP contribution in [0.1, 0.15) is 90.4 Å². The highest BCUT2D eigenvalue weighted by atomic mass is 14.9. The molecule has 0 spiro atoms. The molecule has 1 N–H and O–H groups in total. The largest absolute Gasteiger partial charge is 0.314 e. The van der Waals surface area contributed by atoms with Gasteiger partial charge in [0.2, 0.25) is 0 Å². The molecule has 112 valence electrons. The smallest absolute Gasteiger partial charge is 0.00978 e. The SMILES string of the molecule is CCNC(CC1CCCCC1)C1CCCCCCC1. The molecule has 0 radical (unpaired) electrons. The lowest BCUT2D eigenvalue weighted by molar-refractivity contribution is 0.223. The van der Waals surface area contributed by atoms with Crippen molar-refractivity contribution < 1.29 is 0 Å². The van der Waals surface area contributed by atoms with E-state index in [0.29, 0.717) is 0 Å². The number of hydrogen-bond acceptors (Lipinski definition) is 1. The highest BCUT2D eigenvalue weighted by molar-refractivity contribution is 4.81. The van der Waals surface area contributed by atoms with Crippen molar-refractivity contribution in [2.75, 3.05) is 6.54 Å². The first-order valence-corrected chi connectivity index (χ1v) is 9.13. The third-order valence-electron chi connectivity index (χ3n) is 5.50. The quantitative estimate of drug-likeness (QED) is 0.711. The minimum Gasteiger partial charge on any atom is -0.314 e. The molecule has 1 unspecified atom stereocenters. The molecule has 0 aromatic heterocycles. The molecule has 0 aliphatic heterocycles. The van der Waals surface area contributed by atoms with E-state index >= 15 is 0 Å². The van der Waals surface area contributed by atoms with Crippen LogP contribution in [0.4, 0.5) is 0 Å². The lowest BCUT2D eigenvalue weighted by atomic mass is 9.78. The average Bonchev–Trinajstić information content (AvgIpc) is 2.39. The monoisotopic (exact) mass is 265 g/mol. The molecule has 1 nitrogen and oxygen atoms in total. The number of nitrogens with one attached hydrogen (secondary N) is 1. The molecule has 0 heterocycles. The first kappa shape index (κ1) is 15.4. The summed E-state index contributed by atoms with van der Waals surface area (Å²) in [5, 5.41) is 3.85. The van der Waals surface area contributed by atoms with Crippen molar-refractivity contribution in [3.63, 3.8) is 0 Å². The van der Waals surface area contributed by atoms with Gasteiger partial charge in [-0.25, -0.2) is 0 Å². The summed E-state index contributed by atoms with van der Waals surface area (Å²) in [4.78, 5) is 0. The lowest BCUT2D eigenvalue weighted by Gasteiger charge is -2.33. The van der Waals surface area contributed by atoms with Crippen LogP contribution in [-0.2, 0) is 0 Å². The fourth-order valence-electron chi connectivity index (χ4n) is 4.38. The number of rotatable bonds is 5. The molecular formula is C18H35N. The summed E-state index contributed by atoms with van der Waals surface area (Å²) in [7, 11) is 0. The first-order chi connectivity index (χ1) is 9.40. The average molecular weight is 265 g/mol. The van der Waals surface area contributed by atoms with Crippen LogP contribution in [0.15, 0.2) is 0 Å². The molecule has 0 bridgehead atoms. The lowest BCUT2D eigenvalue weighted by Crippen LogP contribution is -2.38. The highest BCUT2D eigenvalue weighted by Gasteiger charge is 2.25. The van der Waals surface area contributed by atoms with Crippen LogP contribution in [0.25, 0.3) is 0 Å². The van der Waals surface area contributed by atoms with Crippen molar-refractivity contribution in [1.29, 1.82) is 0 Å². The zero-order valence-corrected chi connectivity index (χ0v) is 13.1. The topological polar surface area (TPSA) is 12.0 Å². The summed E-state index contributed by atoms with van der Waals surface area (Å²) >= 11 is 0. The minimum atomic E-state index is 0.825. The molecule has 1 heteroatoms. The van der Waals surface area contributed by atoms with E-state index in [4.69, 9.17) is 0 Å². The zero-order valence-electron chi connectivity index (χ0n) is 13.1. The normalized spacial score (nSPS) is 25.7. The molecular weight excluding hydrogens is 230 g/mol. The van der Waals surface area contributed by atoms with Crippen LogP contribution in [-0.4, -0.2) is 12.6 Å². The van der Waals surface area contributed by atoms with Crippen LogP contribution >= 0.6 is 0 Å². The van der Waals surface area contributed by atoms with E-state index in [2.05, 4.69) is 12.2 Å². The minimum absolute atomic E-state index is 0.825. The van der Waals surface area contributed by atoms with Gasteiger partial charge in [-0.15, -0.1) is 0 Å². The van der Waals surface area contributed by atoms with Gasteiger partial charge in [0, 0.05) is 6.04 Å². The summed E-state index contributed by atoms with van der Waals surface area (Å²) in [5.41, 5.74) is 0. The van der Waals surface area contributed by atoms with E-state index in [-0.39, 0.29) is 0 Å². The van der Waals surface area contributed by atoms with Crippen LogP contribution < -0.4 is 5.32 Å². The second-order valence-electron chi connectivity index (χ2n) is 7.01. The van der Waals surface area contributed by atoms with Crippen molar-refractivity contribution in [3.8, 4) is 0 Å². The van der Waals surface area contributed by atoms with Gasteiger partial charge in [0.05, 0.1) is 0 Å². The number of hydrogen-bond donors (Lipinski definition) is 1. The van der Waals surface area contributed by atoms with Gasteiger partial charge in [-0.05, 0) is 37.6 Å². The molecule has 0 aromatic rings. The van der Waals surface area contributed by atoms with Crippen LogP contribution in [0.5, 0.6) is 0 Å². The Hall–Kier alpha value is -0.0400. The van der Waals surface area contributed by atoms with Crippen molar-refractivity contribution >= 4 is 0 Å². The van der Waals surface area contributed by atoms with Crippen molar-refractivity contribution in [1.82, 2.24) is 5.32 Å². The van der Waals surface area contributed by atoms with Gasteiger partial charge in [0.25, 0.3) is 0 Å². The first-order valence-electron chi connectivity index (χ1n) is 9.13. The van der Waals surface area contributed by atoms with E-state index in [1.54, 1.807) is 0 Å². The zero-order chi connectivity index (χ0) is 13.3. The Morgan fingerprint density at radius 3 is 1.95 bits per heavy atom. The summed E-state index contributed by atoms with van der Waals surface area (Å²) in [6.07, 6.45) is 19.4. The maximum Gasteiger partial charge on any atom is 0.00978 e. The Labute approximate surface area is 120 Å². The third-order valence-corrected chi connectivity index (χ3v) is 5.50. The molecule has 2 aliphatic carbocycles. The molecule has 19 heavy (non-hydrogen) atoms. The maximum atomic E-state index is 3.85. The van der Waals surface area contributed by atoms with Gasteiger partial charge in [-0.3, -0.25) is 0 Å². The van der Waals surface area contributed by atoms with E-state index in [9.17, 15) is 0 Å². The summed E-state index contributed by atoms with van der Waals surface area (Å²) in [6.45, 7) is 3.45. The fourth-order valence-corrected chi connectivity index (χ4v) is 4.38. The van der Waals surface area contributed by atoms with E-state index < -0.39 is 0 Å². The van der Waals surface area contributed by atoms with Gasteiger partial charge >= 0.3 is 0 Å². The summed E-state index contributed by atoms with van der Waals surface area (Å²) < 4.78 is 0. The molecule has 0 amide bonds. The summed E-state index contributed by atoms with van der Waals surface area (Å²) in [6, 6.07) is 0.825. The van der Waals surface area contributed by atoms with E-state index in [1.165, 1.54) is 83.5 Å². The van der Waals surface area contributed by atoms with Crippen LogP contribution in [0.2, 0.25) is 0 Å². The fraction of sp³-hybridized carbons (Fsp3) is 1.00. The van der Waals surface area contributed by atoms with Gasteiger partial charge < -0.3 is 5.32 Å². The second-order valence-corrected chi connectivity index (χ2v) is 7.01. The summed E-state index contributed by atoms with van der Waals surface area (Å²) in [5.74, 6) is 2.01. The Morgan fingerprint density at radius 1 is 0.789 bits per heavy atom. The highest BCUT2D eigenvalue weighted by Crippen LogP contribution is 2.32. The van der Waals surface area contributed by atoms with Crippen LogP contribution in [0, 0.1) is 11.8 Å². The van der Waals surface area contributed by atoms with Gasteiger partial charge in [-0.2, -0.15) is 0 Å². The standard InChI is InChI=1S/C18H35N/c1-2-19-18(15-16-11-7-6-8-12-16)17-13-9-4-3-5-10-14-17/h16-19H,2-15H2,1H3. The van der Waals surface area contributed by atoms with Gasteiger partial charge in [0.15, 0.2) is 0 Å². The third kappa shape index (κ3) is 5.45. The van der Waals surface area contributed by atoms with Crippen molar-refractivity contribution in [3.05, 3.63) is 0 Å². The Balaban J connectivity index is 1.84. The second kappa shape index (κ2) is 9.00. The Morgan fingerprint density at radius 2 is 1.32 bits per heavy atom. The van der Waals surface area contributed by atoms with Gasteiger partial charge in [0.1, 0.15) is 0 Å². The molecule has 2 aliphatic rings. The van der Waals surface area contributed by atoms with Crippen LogP contribution in [0.3, 0.4) is 0 Å². The van der Waals surface area contributed by atoms with Crippen molar-refractivity contribution in [2.24, 2.45) is 11.8 Å². The Kier molecular flexibility index (Phi) is 7.27. The van der Waals surface area contributed by atoms with Gasteiger partial charge in [-0.1, -0.05) is 71.1 Å². The molecule has 2 rings (SSSR count). The Bertz CT molecular complexity index is 212. The molecule has 0 saturated heterocycles. The van der Waals surface area contributed by atoms with Crippen molar-refractivity contribution in [2.45, 2.75) is 96.4 Å².